The summed E-state index contributed by atoms with van der Waals surface area (Å²) >= 11 is 0. The lowest BCUT2D eigenvalue weighted by Gasteiger charge is -2.26. The molecule has 0 unspecified atom stereocenters. The molecule has 1 aliphatic heterocycles. The number of benzene rings is 1. The van der Waals surface area contributed by atoms with Gasteiger partial charge in [0.05, 0.1) is 6.61 Å². The first kappa shape index (κ1) is 12.5. The molecule has 1 aromatic rings. The molecule has 0 spiro atoms. The number of nitrogens with zero attached hydrogens (tertiary/aromatic N) is 1. The molecule has 0 saturated carbocycles. The molecule has 5 heteroatoms. The SMILES string of the molecule is Cc1cc(C)cc(CN2CCOCS2(=O)=O)c1. The van der Waals surface area contributed by atoms with Crippen LogP contribution in [0.3, 0.4) is 0 Å². The molecule has 1 saturated heterocycles. The maximum Gasteiger partial charge on any atom is 0.238 e. The van der Waals surface area contributed by atoms with Crippen molar-refractivity contribution >= 4 is 10.0 Å². The Balaban J connectivity index is 2.20. The van der Waals surface area contributed by atoms with Crippen LogP contribution in [0.4, 0.5) is 0 Å². The molecule has 0 aliphatic carbocycles. The Hall–Kier alpha value is -0.910. The first-order valence-electron chi connectivity index (χ1n) is 5.60. The molecule has 0 radical (unpaired) electrons. The fourth-order valence-electron chi connectivity index (χ4n) is 2.09. The smallest absolute Gasteiger partial charge is 0.238 e. The Morgan fingerprint density at radius 1 is 1.24 bits per heavy atom. The second kappa shape index (κ2) is 4.76. The predicted octanol–water partition coefficient (Wildman–Crippen LogP) is 1.42. The molecule has 1 heterocycles. The Morgan fingerprint density at radius 3 is 2.47 bits per heavy atom. The van der Waals surface area contributed by atoms with E-state index in [0.717, 1.165) is 16.7 Å². The Kier molecular flexibility index (Phi) is 3.51. The highest BCUT2D eigenvalue weighted by molar-refractivity contribution is 7.88. The molecule has 94 valence electrons. The molecule has 17 heavy (non-hydrogen) atoms. The van der Waals surface area contributed by atoms with E-state index >= 15 is 0 Å². The normalized spacial score (nSPS) is 20.4. The van der Waals surface area contributed by atoms with Crippen molar-refractivity contribution in [3.05, 3.63) is 34.9 Å². The van der Waals surface area contributed by atoms with Gasteiger partial charge >= 0.3 is 0 Å². The fourth-order valence-corrected chi connectivity index (χ4v) is 3.26. The van der Waals surface area contributed by atoms with E-state index in [-0.39, 0.29) is 5.94 Å². The maximum absolute atomic E-state index is 11.8. The highest BCUT2D eigenvalue weighted by Gasteiger charge is 2.26. The van der Waals surface area contributed by atoms with Gasteiger partial charge in [0.25, 0.3) is 0 Å². The molecule has 1 aliphatic rings. The van der Waals surface area contributed by atoms with Crippen molar-refractivity contribution in [1.82, 2.24) is 4.31 Å². The van der Waals surface area contributed by atoms with Crippen LogP contribution in [-0.4, -0.2) is 31.8 Å². The topological polar surface area (TPSA) is 46.6 Å². The maximum atomic E-state index is 11.8. The van der Waals surface area contributed by atoms with Crippen molar-refractivity contribution in [2.75, 3.05) is 19.1 Å². The summed E-state index contributed by atoms with van der Waals surface area (Å²) in [5.74, 6) is -0.197. The molecule has 0 aromatic heterocycles. The Labute approximate surface area is 102 Å². The standard InChI is InChI=1S/C12H17NO3S/c1-10-5-11(2)7-12(6-10)8-13-3-4-16-9-17(13,14)15/h5-7H,3-4,8-9H2,1-2H3. The number of hydrogen-bond acceptors (Lipinski definition) is 3. The lowest BCUT2D eigenvalue weighted by Crippen LogP contribution is -2.40. The van der Waals surface area contributed by atoms with Crippen LogP contribution in [0.2, 0.25) is 0 Å². The summed E-state index contributed by atoms with van der Waals surface area (Å²) in [6, 6.07) is 6.13. The molecule has 0 atom stereocenters. The zero-order valence-corrected chi connectivity index (χ0v) is 11.0. The van der Waals surface area contributed by atoms with Crippen molar-refractivity contribution in [3.63, 3.8) is 0 Å². The van der Waals surface area contributed by atoms with Crippen LogP contribution in [0.15, 0.2) is 18.2 Å². The number of rotatable bonds is 2. The van der Waals surface area contributed by atoms with Crippen molar-refractivity contribution in [1.29, 1.82) is 0 Å². The van der Waals surface area contributed by atoms with Crippen LogP contribution in [0.5, 0.6) is 0 Å². The molecule has 1 aromatic carbocycles. The van der Waals surface area contributed by atoms with Crippen LogP contribution in [0, 0.1) is 13.8 Å². The second-order valence-corrected chi connectivity index (χ2v) is 6.38. The molecular weight excluding hydrogens is 238 g/mol. The zero-order chi connectivity index (χ0) is 12.5. The molecule has 0 bridgehead atoms. The molecule has 2 rings (SSSR count). The third kappa shape index (κ3) is 3.06. The van der Waals surface area contributed by atoms with E-state index in [2.05, 4.69) is 6.07 Å². The third-order valence-corrected chi connectivity index (χ3v) is 4.31. The van der Waals surface area contributed by atoms with Crippen molar-refractivity contribution in [2.45, 2.75) is 20.4 Å². The zero-order valence-electron chi connectivity index (χ0n) is 10.1. The van der Waals surface area contributed by atoms with Gasteiger partial charge in [0.1, 0.15) is 0 Å². The predicted molar refractivity (Wildman–Crippen MR) is 66.1 cm³/mol. The fraction of sp³-hybridized carbons (Fsp3) is 0.500. The summed E-state index contributed by atoms with van der Waals surface area (Å²) in [5, 5.41) is 0. The Bertz CT molecular complexity index is 490. The van der Waals surface area contributed by atoms with Gasteiger partial charge < -0.3 is 4.74 Å². The van der Waals surface area contributed by atoms with Gasteiger partial charge in [0.2, 0.25) is 10.0 Å². The lowest BCUT2D eigenvalue weighted by molar-refractivity contribution is 0.130. The number of sulfonamides is 1. The summed E-state index contributed by atoms with van der Waals surface area (Å²) in [6.45, 7) is 5.39. The minimum atomic E-state index is -3.24. The highest BCUT2D eigenvalue weighted by atomic mass is 32.2. The Morgan fingerprint density at radius 2 is 1.88 bits per heavy atom. The number of aryl methyl sites for hydroxylation is 2. The minimum absolute atomic E-state index is 0.197. The monoisotopic (exact) mass is 255 g/mol. The summed E-state index contributed by atoms with van der Waals surface area (Å²) in [7, 11) is -3.24. The van der Waals surface area contributed by atoms with Crippen LogP contribution < -0.4 is 0 Å². The van der Waals surface area contributed by atoms with Gasteiger partial charge in [0, 0.05) is 13.1 Å². The minimum Gasteiger partial charge on any atom is -0.363 e. The summed E-state index contributed by atoms with van der Waals surface area (Å²) < 4.78 is 30.0. The summed E-state index contributed by atoms with van der Waals surface area (Å²) in [5.41, 5.74) is 3.35. The van der Waals surface area contributed by atoms with E-state index in [1.54, 1.807) is 0 Å². The van der Waals surface area contributed by atoms with Crippen molar-refractivity contribution in [3.8, 4) is 0 Å². The largest absolute Gasteiger partial charge is 0.363 e. The average molecular weight is 255 g/mol. The van der Waals surface area contributed by atoms with Crippen LogP contribution in [0.25, 0.3) is 0 Å². The van der Waals surface area contributed by atoms with Gasteiger partial charge in [-0.3, -0.25) is 0 Å². The molecule has 1 fully saturated rings. The van der Waals surface area contributed by atoms with Gasteiger partial charge in [-0.1, -0.05) is 29.3 Å². The number of ether oxygens (including phenoxy) is 1. The van der Waals surface area contributed by atoms with Crippen LogP contribution >= 0.6 is 0 Å². The van der Waals surface area contributed by atoms with Gasteiger partial charge in [-0.25, -0.2) is 8.42 Å². The molecule has 4 nitrogen and oxygen atoms in total. The van der Waals surface area contributed by atoms with Crippen LogP contribution in [0.1, 0.15) is 16.7 Å². The van der Waals surface area contributed by atoms with E-state index in [9.17, 15) is 8.42 Å². The van der Waals surface area contributed by atoms with Crippen molar-refractivity contribution in [2.24, 2.45) is 0 Å². The first-order valence-corrected chi connectivity index (χ1v) is 7.21. The molecule has 0 amide bonds. The van der Waals surface area contributed by atoms with Gasteiger partial charge in [-0.15, -0.1) is 0 Å². The molecular formula is C12H17NO3S. The van der Waals surface area contributed by atoms with Crippen LogP contribution in [-0.2, 0) is 21.3 Å². The van der Waals surface area contributed by atoms with Gasteiger partial charge in [-0.05, 0) is 19.4 Å². The molecule has 0 N–H and O–H groups in total. The lowest BCUT2D eigenvalue weighted by atomic mass is 10.1. The third-order valence-electron chi connectivity index (χ3n) is 2.75. The van der Waals surface area contributed by atoms with E-state index in [4.69, 9.17) is 4.74 Å². The highest BCUT2D eigenvalue weighted by Crippen LogP contribution is 2.16. The summed E-state index contributed by atoms with van der Waals surface area (Å²) in [6.07, 6.45) is 0. The van der Waals surface area contributed by atoms with Gasteiger partial charge in [0.15, 0.2) is 5.94 Å². The second-order valence-electron chi connectivity index (χ2n) is 4.47. The quantitative estimate of drug-likeness (QED) is 0.803. The van der Waals surface area contributed by atoms with E-state index in [1.165, 1.54) is 4.31 Å². The van der Waals surface area contributed by atoms with E-state index in [0.29, 0.717) is 19.7 Å². The van der Waals surface area contributed by atoms with Crippen molar-refractivity contribution < 1.29 is 13.2 Å². The average Bonchev–Trinajstić information content (AvgIpc) is 2.19. The summed E-state index contributed by atoms with van der Waals surface area (Å²) in [4.78, 5) is 0. The van der Waals surface area contributed by atoms with E-state index in [1.807, 2.05) is 26.0 Å². The number of hydrogen-bond donors (Lipinski definition) is 0. The van der Waals surface area contributed by atoms with E-state index < -0.39 is 10.0 Å². The first-order chi connectivity index (χ1) is 7.97. The van der Waals surface area contributed by atoms with Gasteiger partial charge in [-0.2, -0.15) is 4.31 Å².